The van der Waals surface area contributed by atoms with Crippen LogP contribution >= 0.6 is 0 Å². The Labute approximate surface area is 318 Å². The summed E-state index contributed by atoms with van der Waals surface area (Å²) in [5, 5.41) is 11.7. The zero-order chi connectivity index (χ0) is 37.7. The Morgan fingerprint density at radius 1 is 0.750 bits per heavy atom. The first-order valence-corrected chi connectivity index (χ1v) is 20.7. The molecule has 4 rings (SSSR count). The molecule has 2 aromatic rings. The molecule has 2 aliphatic rings. The molecule has 0 saturated carbocycles. The summed E-state index contributed by atoms with van der Waals surface area (Å²) >= 11 is -0.417. The van der Waals surface area contributed by atoms with Gasteiger partial charge in [-0.25, -0.2) is 0 Å². The van der Waals surface area contributed by atoms with E-state index in [0.717, 1.165) is 11.1 Å². The van der Waals surface area contributed by atoms with Crippen LogP contribution in [0.3, 0.4) is 0 Å². The summed E-state index contributed by atoms with van der Waals surface area (Å²) in [6, 6.07) is 15.4. The van der Waals surface area contributed by atoms with E-state index >= 15 is 0 Å². The quantitative estimate of drug-likeness (QED) is 0.0605. The van der Waals surface area contributed by atoms with Gasteiger partial charge in [-0.3, -0.25) is 9.59 Å². The number of ether oxygens (including phenoxy) is 2. The standard InChI is InChI=1S/C39H55IN5O7/c1-26(2)20-31(35(47)39(5)24-52-39)42-38(50)33(22-29-14-10-7-11-15-29)44-37(49)32(21-27(3)4)43-36(48)30(17-16-28-12-8-6-9-13-28)41-34(46)23-45-18-19-51-25-40-45/h6-15,26-27,30-33H,16-25H2,1-5H3,(H,41,46)(H,42,50)(H,43,48)(H,44,49)/q-1/t30?,31-,32-,33?,39+/m0/s1. The van der Waals surface area contributed by atoms with Crippen molar-refractivity contribution in [2.45, 2.75) is 96.5 Å². The van der Waals surface area contributed by atoms with Crippen LogP contribution in [0.25, 0.3) is 0 Å². The van der Waals surface area contributed by atoms with Gasteiger partial charge in [-0.2, -0.15) is 0 Å². The molecule has 286 valence electrons. The molecule has 4 N–H and O–H groups in total. The molecule has 0 spiro atoms. The van der Waals surface area contributed by atoms with Gasteiger partial charge in [0.2, 0.25) is 0 Å². The zero-order valence-electron chi connectivity index (χ0n) is 31.0. The van der Waals surface area contributed by atoms with Crippen molar-refractivity contribution in [2.24, 2.45) is 11.8 Å². The summed E-state index contributed by atoms with van der Waals surface area (Å²) in [6.07, 6.45) is 1.79. The number of ketones is 1. The second kappa shape index (κ2) is 20.2. The first kappa shape index (κ1) is 41.4. The molecule has 2 unspecified atom stereocenters. The Bertz CT molecular complexity index is 1480. The number of epoxide rings is 1. The molecule has 2 heterocycles. The minimum atomic E-state index is -1.03. The number of hydrogen-bond acceptors (Lipinski definition) is 8. The Hall–Kier alpha value is -3.40. The molecule has 52 heavy (non-hydrogen) atoms. The van der Waals surface area contributed by atoms with Crippen molar-refractivity contribution in [3.05, 3.63) is 71.8 Å². The first-order chi connectivity index (χ1) is 24.8. The van der Waals surface area contributed by atoms with Gasteiger partial charge in [0.05, 0.1) is 12.6 Å². The average molecular weight is 833 g/mol. The average Bonchev–Trinajstić information content (AvgIpc) is 3.87. The van der Waals surface area contributed by atoms with Crippen molar-refractivity contribution in [3.8, 4) is 0 Å². The van der Waals surface area contributed by atoms with Gasteiger partial charge >= 0.3 is 207 Å². The van der Waals surface area contributed by atoms with E-state index in [-0.39, 0.29) is 36.5 Å². The number of aryl methyl sites for hydroxylation is 1. The fourth-order valence-electron chi connectivity index (χ4n) is 6.02. The van der Waals surface area contributed by atoms with Crippen LogP contribution in [0.1, 0.15) is 65.0 Å². The molecule has 2 aliphatic heterocycles. The normalized spacial score (nSPS) is 19.8. The second-order valence-electron chi connectivity index (χ2n) is 14.6. The van der Waals surface area contributed by atoms with E-state index in [2.05, 4.69) is 24.4 Å². The molecular formula is C39H55IN5O7-. The molecule has 4 amide bonds. The van der Waals surface area contributed by atoms with E-state index in [1.807, 2.05) is 88.4 Å². The third kappa shape index (κ3) is 13.5. The third-order valence-electron chi connectivity index (χ3n) is 9.00. The van der Waals surface area contributed by atoms with Gasteiger partial charge in [0, 0.05) is 0 Å². The molecule has 2 aromatic carbocycles. The van der Waals surface area contributed by atoms with Crippen LogP contribution < -0.4 is 42.7 Å². The first-order valence-electron chi connectivity index (χ1n) is 18.2. The summed E-state index contributed by atoms with van der Waals surface area (Å²) in [4.78, 5) is 68.5. The van der Waals surface area contributed by atoms with Gasteiger partial charge in [0.25, 0.3) is 0 Å². The van der Waals surface area contributed by atoms with Crippen molar-refractivity contribution in [2.75, 3.05) is 30.9 Å². The third-order valence-corrected chi connectivity index (χ3v) is 11.5. The number of Topliss-reactive ketones (excluding diaryl/α,β-unsaturated/α-hetero) is 1. The predicted molar refractivity (Wildman–Crippen MR) is 193 cm³/mol. The Morgan fingerprint density at radius 3 is 1.87 bits per heavy atom. The van der Waals surface area contributed by atoms with E-state index in [9.17, 15) is 24.0 Å². The molecule has 0 aliphatic carbocycles. The van der Waals surface area contributed by atoms with Crippen LogP contribution in [0, 0.1) is 11.8 Å². The van der Waals surface area contributed by atoms with Crippen molar-refractivity contribution < 1.29 is 54.9 Å². The van der Waals surface area contributed by atoms with E-state index in [1.54, 1.807) is 6.92 Å². The molecule has 13 heteroatoms. The number of nitrogens with zero attached hydrogens (tertiary/aromatic N) is 1. The number of rotatable bonds is 20. The van der Waals surface area contributed by atoms with Gasteiger partial charge < -0.3 is 10.1 Å². The second-order valence-corrected chi connectivity index (χ2v) is 17.3. The summed E-state index contributed by atoms with van der Waals surface area (Å²) in [5.74, 6) is -1.78. The molecule has 5 atom stereocenters. The van der Waals surface area contributed by atoms with Crippen LogP contribution in [0.4, 0.5) is 0 Å². The Morgan fingerprint density at radius 2 is 1.29 bits per heavy atom. The minimum absolute atomic E-state index is 0.0207. The Kier molecular flexibility index (Phi) is 16.0. The van der Waals surface area contributed by atoms with Gasteiger partial charge in [0.1, 0.15) is 5.60 Å². The molecule has 2 saturated heterocycles. The van der Waals surface area contributed by atoms with E-state index in [4.69, 9.17) is 9.47 Å². The minimum Gasteiger partial charge on any atom is -0.361 e. The molecule has 2 fully saturated rings. The SMILES string of the molecule is CC(C)C[C@H](NC(=O)C(CCc1ccccc1)NC(=O)CN1CCOC[I-]1)C(=O)NC(Cc1ccccc1)C(=O)N[C@@H](CC(C)C)C(=O)[C@@]1(C)CO1. The zero-order valence-corrected chi connectivity index (χ0v) is 33.1. The van der Waals surface area contributed by atoms with Gasteiger partial charge in [-0.15, -0.1) is 0 Å². The number of nitrogens with one attached hydrogen (secondary N) is 4. The number of halogens is 1. The molecule has 0 radical (unpaired) electrons. The Balaban J connectivity index is 1.51. The number of amides is 4. The van der Waals surface area contributed by atoms with Crippen LogP contribution in [0.15, 0.2) is 60.7 Å². The molecule has 0 aromatic heterocycles. The number of carbonyl (C=O) groups is 5. The van der Waals surface area contributed by atoms with Crippen LogP contribution in [0.5, 0.6) is 0 Å². The smallest absolute Gasteiger partial charge is 0.361 e. The topological polar surface area (TPSA) is 158 Å². The van der Waals surface area contributed by atoms with E-state index < -0.39 is 69.0 Å². The van der Waals surface area contributed by atoms with E-state index in [0.29, 0.717) is 50.1 Å². The van der Waals surface area contributed by atoms with Crippen LogP contribution in [-0.4, -0.2) is 93.2 Å². The van der Waals surface area contributed by atoms with Crippen molar-refractivity contribution >= 4 is 29.4 Å². The monoisotopic (exact) mass is 832 g/mol. The van der Waals surface area contributed by atoms with Gasteiger partial charge in [-0.1, -0.05) is 44.2 Å². The van der Waals surface area contributed by atoms with Crippen molar-refractivity contribution in [1.29, 1.82) is 0 Å². The van der Waals surface area contributed by atoms with Gasteiger partial charge in [0.15, 0.2) is 5.78 Å². The summed E-state index contributed by atoms with van der Waals surface area (Å²) in [6.45, 7) is 11.3. The fraction of sp³-hybridized carbons (Fsp3) is 0.564. The number of carbonyl (C=O) groups excluding carboxylic acids is 5. The number of alkyl halides is 1. The van der Waals surface area contributed by atoms with Crippen LogP contribution in [-0.2, 0) is 46.3 Å². The molecule has 12 nitrogen and oxygen atoms in total. The summed E-state index contributed by atoms with van der Waals surface area (Å²) < 4.78 is 13.6. The van der Waals surface area contributed by atoms with Crippen molar-refractivity contribution in [3.63, 3.8) is 0 Å². The van der Waals surface area contributed by atoms with Gasteiger partial charge in [-0.05, 0) is 24.8 Å². The van der Waals surface area contributed by atoms with E-state index in [1.165, 1.54) is 0 Å². The summed E-state index contributed by atoms with van der Waals surface area (Å²) in [5.41, 5.74) is 0.924. The molecule has 0 bridgehead atoms. The fourth-order valence-corrected chi connectivity index (χ4v) is 8.02. The number of hydrogen-bond donors (Lipinski definition) is 4. The maximum atomic E-state index is 14.1. The molecular weight excluding hydrogens is 777 g/mol. The number of benzene rings is 2. The summed E-state index contributed by atoms with van der Waals surface area (Å²) in [7, 11) is 0. The van der Waals surface area contributed by atoms with Crippen LogP contribution in [0.2, 0.25) is 0 Å². The predicted octanol–water partition coefficient (Wildman–Crippen LogP) is -0.455. The van der Waals surface area contributed by atoms with Crippen molar-refractivity contribution in [1.82, 2.24) is 24.4 Å². The maximum absolute atomic E-state index is 14.1.